The zero-order chi connectivity index (χ0) is 42.4. The van der Waals surface area contributed by atoms with Gasteiger partial charge in [0.25, 0.3) is 0 Å². The number of phenols is 5. The van der Waals surface area contributed by atoms with Crippen molar-refractivity contribution in [1.29, 1.82) is 0 Å². The smallest absolute Gasteiger partial charge is 0.208 e. The second-order valence-electron chi connectivity index (χ2n) is 16.5. The summed E-state index contributed by atoms with van der Waals surface area (Å²) in [5.41, 5.74) is 12.6. The Morgan fingerprint density at radius 3 is 1.84 bits per heavy atom. The molecular formula is C55H39NO6. The van der Waals surface area contributed by atoms with Crippen LogP contribution in [0.1, 0.15) is 25.0 Å². The van der Waals surface area contributed by atoms with Gasteiger partial charge in [0, 0.05) is 33.1 Å². The maximum atomic E-state index is 11.3. The summed E-state index contributed by atoms with van der Waals surface area (Å²) in [6, 6.07) is 57.2. The predicted octanol–water partition coefficient (Wildman–Crippen LogP) is 14.0. The fourth-order valence-corrected chi connectivity index (χ4v) is 9.52. The van der Waals surface area contributed by atoms with Gasteiger partial charge in [-0.15, -0.1) is 0 Å². The molecule has 1 aliphatic rings. The number of para-hydroxylation sites is 2. The van der Waals surface area contributed by atoms with Crippen molar-refractivity contribution in [2.75, 3.05) is 4.90 Å². The first-order valence-electron chi connectivity index (χ1n) is 20.5. The Morgan fingerprint density at radius 1 is 0.419 bits per heavy atom. The zero-order valence-electron chi connectivity index (χ0n) is 33.8. The van der Waals surface area contributed by atoms with Crippen LogP contribution in [0.25, 0.3) is 77.2 Å². The lowest BCUT2D eigenvalue weighted by Crippen LogP contribution is -2.14. The fraction of sp³-hybridized carbons (Fsp3) is 0.0545. The van der Waals surface area contributed by atoms with Crippen LogP contribution in [-0.4, -0.2) is 25.5 Å². The van der Waals surface area contributed by atoms with Gasteiger partial charge in [-0.2, -0.15) is 0 Å². The molecule has 7 heteroatoms. The highest BCUT2D eigenvalue weighted by atomic mass is 16.4. The molecule has 62 heavy (non-hydrogen) atoms. The Labute approximate surface area is 356 Å². The Morgan fingerprint density at radius 2 is 1.05 bits per heavy atom. The molecule has 0 saturated carbocycles. The fourth-order valence-electron chi connectivity index (χ4n) is 9.52. The molecule has 1 aliphatic carbocycles. The van der Waals surface area contributed by atoms with Crippen LogP contribution >= 0.6 is 0 Å². The number of fused-ring (bicyclic) bond motifs is 7. The predicted molar refractivity (Wildman–Crippen MR) is 248 cm³/mol. The maximum Gasteiger partial charge on any atom is 0.208 e. The van der Waals surface area contributed by atoms with Gasteiger partial charge in [-0.3, -0.25) is 0 Å². The van der Waals surface area contributed by atoms with E-state index < -0.39 is 28.7 Å². The molecule has 1 heterocycles. The van der Waals surface area contributed by atoms with Crippen LogP contribution in [0.3, 0.4) is 0 Å². The second kappa shape index (κ2) is 13.7. The van der Waals surface area contributed by atoms with Crippen LogP contribution in [0.15, 0.2) is 174 Å². The standard InChI is InChI=1S/C55H39NO6/c1-55(2)43-21-10-8-19-38(43)41-27-34(23-24-44(41)55)40-28-35(30-47-48(40)39-20-9-11-22-46(39)62-47)31-15-12-18-37(25-31)56(36-16-4-3-5-17-36)45-29-33-14-7-6-13-32(33)26-42(45)49-50(57)52(59)54(61)53(60)51(49)58/h3-30,57-61H,1-2H3. The SMILES string of the molecule is CC1(C)c2ccccc2-c2cc(-c3cc(-c4cccc(N(c5ccccc5)c5cc6ccccc6cc5-c5c(O)c(O)c(O)c(O)c5O)c4)cc4oc5ccccc5c34)ccc21. The van der Waals surface area contributed by atoms with Crippen molar-refractivity contribution < 1.29 is 29.9 Å². The second-order valence-corrected chi connectivity index (χ2v) is 16.5. The lowest BCUT2D eigenvalue weighted by Gasteiger charge is -2.29. The van der Waals surface area contributed by atoms with Crippen molar-refractivity contribution in [3.8, 4) is 73.3 Å². The Bertz CT molecular complexity index is 3430. The Hall–Kier alpha value is -8.16. The molecule has 0 saturated heterocycles. The van der Waals surface area contributed by atoms with Gasteiger partial charge < -0.3 is 34.8 Å². The third-order valence-electron chi connectivity index (χ3n) is 12.6. The molecule has 0 amide bonds. The molecule has 0 aliphatic heterocycles. The first-order valence-corrected chi connectivity index (χ1v) is 20.5. The number of benzene rings is 9. The van der Waals surface area contributed by atoms with Gasteiger partial charge >= 0.3 is 0 Å². The first kappa shape index (κ1) is 36.9. The largest absolute Gasteiger partial charge is 0.504 e. The summed E-state index contributed by atoms with van der Waals surface area (Å²) in [7, 11) is 0. The summed E-state index contributed by atoms with van der Waals surface area (Å²) in [5.74, 6) is -4.47. The number of phenolic OH excluding ortho intramolecular Hbond substituents is 5. The molecule has 9 aromatic carbocycles. The van der Waals surface area contributed by atoms with Crippen molar-refractivity contribution in [1.82, 2.24) is 0 Å². The van der Waals surface area contributed by atoms with Crippen molar-refractivity contribution >= 4 is 49.8 Å². The first-order chi connectivity index (χ1) is 30.1. The molecule has 11 rings (SSSR count). The number of nitrogens with zero attached hydrogens (tertiary/aromatic N) is 1. The van der Waals surface area contributed by atoms with E-state index in [1.807, 2.05) is 95.9 Å². The Balaban J connectivity index is 1.14. The third kappa shape index (κ3) is 5.52. The van der Waals surface area contributed by atoms with Crippen molar-refractivity contribution in [3.05, 3.63) is 181 Å². The molecule has 0 unspecified atom stereocenters. The number of rotatable bonds is 6. The third-order valence-corrected chi connectivity index (χ3v) is 12.6. The van der Waals surface area contributed by atoms with E-state index in [-0.39, 0.29) is 11.0 Å². The molecule has 7 nitrogen and oxygen atoms in total. The van der Waals surface area contributed by atoms with Gasteiger partial charge in [-0.1, -0.05) is 123 Å². The molecule has 0 bridgehead atoms. The lowest BCUT2D eigenvalue weighted by molar-refractivity contribution is 0.330. The van der Waals surface area contributed by atoms with Crippen LogP contribution < -0.4 is 4.90 Å². The highest BCUT2D eigenvalue weighted by Gasteiger charge is 2.35. The molecule has 5 N–H and O–H groups in total. The lowest BCUT2D eigenvalue weighted by atomic mass is 9.82. The van der Waals surface area contributed by atoms with E-state index in [1.165, 1.54) is 22.3 Å². The highest BCUT2D eigenvalue weighted by Crippen LogP contribution is 2.58. The minimum atomic E-state index is -1.02. The monoisotopic (exact) mass is 809 g/mol. The quantitative estimate of drug-likeness (QED) is 0.0838. The van der Waals surface area contributed by atoms with Crippen LogP contribution in [0.4, 0.5) is 17.1 Å². The highest BCUT2D eigenvalue weighted by molar-refractivity contribution is 6.14. The van der Waals surface area contributed by atoms with Crippen molar-refractivity contribution in [2.45, 2.75) is 19.3 Å². The number of aromatic hydroxyl groups is 5. The van der Waals surface area contributed by atoms with Crippen LogP contribution in [0.5, 0.6) is 28.7 Å². The van der Waals surface area contributed by atoms with E-state index >= 15 is 0 Å². The van der Waals surface area contributed by atoms with Gasteiger partial charge in [-0.05, 0) is 116 Å². The molecule has 0 fully saturated rings. The average Bonchev–Trinajstić information content (AvgIpc) is 3.79. The normalized spacial score (nSPS) is 12.8. The van der Waals surface area contributed by atoms with Gasteiger partial charge in [0.15, 0.2) is 11.5 Å². The maximum absolute atomic E-state index is 11.3. The van der Waals surface area contributed by atoms with E-state index in [1.54, 1.807) is 6.07 Å². The summed E-state index contributed by atoms with van der Waals surface area (Å²) < 4.78 is 6.61. The summed E-state index contributed by atoms with van der Waals surface area (Å²) in [6.07, 6.45) is 0. The van der Waals surface area contributed by atoms with E-state index in [9.17, 15) is 25.5 Å². The summed E-state index contributed by atoms with van der Waals surface area (Å²) in [6.45, 7) is 4.58. The molecule has 0 atom stereocenters. The molecular weight excluding hydrogens is 771 g/mol. The number of hydrogen-bond donors (Lipinski definition) is 5. The van der Waals surface area contributed by atoms with Gasteiger partial charge in [-0.25, -0.2) is 0 Å². The number of furan rings is 1. The van der Waals surface area contributed by atoms with E-state index in [2.05, 4.69) is 86.6 Å². The average molecular weight is 810 g/mol. The minimum Gasteiger partial charge on any atom is -0.504 e. The summed E-state index contributed by atoms with van der Waals surface area (Å²) >= 11 is 0. The van der Waals surface area contributed by atoms with E-state index in [0.29, 0.717) is 11.3 Å². The number of anilines is 3. The molecule has 1 aromatic heterocycles. The van der Waals surface area contributed by atoms with Crippen LogP contribution in [-0.2, 0) is 5.41 Å². The van der Waals surface area contributed by atoms with E-state index in [0.717, 1.165) is 66.3 Å². The van der Waals surface area contributed by atoms with Crippen LogP contribution in [0.2, 0.25) is 0 Å². The zero-order valence-corrected chi connectivity index (χ0v) is 33.8. The van der Waals surface area contributed by atoms with Gasteiger partial charge in [0.2, 0.25) is 17.2 Å². The summed E-state index contributed by atoms with van der Waals surface area (Å²) in [5, 5.41) is 58.2. The summed E-state index contributed by atoms with van der Waals surface area (Å²) in [4.78, 5) is 2.01. The minimum absolute atomic E-state index is 0.125. The molecule has 0 radical (unpaired) electrons. The Kier molecular flexibility index (Phi) is 8.15. The number of hydrogen-bond acceptors (Lipinski definition) is 7. The van der Waals surface area contributed by atoms with Crippen molar-refractivity contribution in [2.24, 2.45) is 0 Å². The van der Waals surface area contributed by atoms with E-state index in [4.69, 9.17) is 4.42 Å². The van der Waals surface area contributed by atoms with Gasteiger partial charge in [0.05, 0.1) is 11.3 Å². The topological polar surface area (TPSA) is 118 Å². The van der Waals surface area contributed by atoms with Crippen molar-refractivity contribution in [3.63, 3.8) is 0 Å². The van der Waals surface area contributed by atoms with Gasteiger partial charge in [0.1, 0.15) is 11.2 Å². The molecule has 0 spiro atoms. The van der Waals surface area contributed by atoms with Crippen LogP contribution in [0, 0.1) is 0 Å². The molecule has 300 valence electrons. The molecule has 10 aromatic rings.